The molecular formula is C12H14N2O4S2. The summed E-state index contributed by atoms with van der Waals surface area (Å²) in [5.74, 6) is 1.06. The Kier molecular flexibility index (Phi) is 4.69. The van der Waals surface area contributed by atoms with Crippen LogP contribution in [-0.2, 0) is 21.0 Å². The maximum atomic E-state index is 11.5. The third-order valence-electron chi connectivity index (χ3n) is 2.42. The van der Waals surface area contributed by atoms with Crippen LogP contribution in [0.1, 0.15) is 5.82 Å². The summed E-state index contributed by atoms with van der Waals surface area (Å²) in [6.45, 7) is 0.541. The van der Waals surface area contributed by atoms with E-state index in [9.17, 15) is 8.42 Å². The first-order valence-electron chi connectivity index (χ1n) is 5.78. The summed E-state index contributed by atoms with van der Waals surface area (Å²) in [6.07, 6.45) is 1.76. The number of hydrogen-bond donors (Lipinski definition) is 0. The lowest BCUT2D eigenvalue weighted by Gasteiger charge is -2.03. The standard InChI is InChI=1S/C12H14N2O4S2/c1-17-7-6-11-13-12(19-14-11)18-9-4-3-5-10(8-9)20(2,15)16/h3-5,8H,6-7H2,1-2H3. The van der Waals surface area contributed by atoms with Gasteiger partial charge in [-0.05, 0) is 18.2 Å². The zero-order valence-corrected chi connectivity index (χ0v) is 12.7. The van der Waals surface area contributed by atoms with Crippen molar-refractivity contribution in [3.8, 4) is 10.9 Å². The molecule has 8 heteroatoms. The number of methoxy groups -OCH3 is 1. The van der Waals surface area contributed by atoms with Crippen molar-refractivity contribution >= 4 is 21.4 Å². The van der Waals surface area contributed by atoms with Crippen molar-refractivity contribution < 1.29 is 17.9 Å². The number of sulfone groups is 1. The van der Waals surface area contributed by atoms with Gasteiger partial charge in [0.05, 0.1) is 11.5 Å². The molecule has 0 fully saturated rings. The predicted octanol–water partition coefficient (Wildman–Crippen LogP) is 1.92. The van der Waals surface area contributed by atoms with Gasteiger partial charge in [-0.25, -0.2) is 8.42 Å². The smallest absolute Gasteiger partial charge is 0.298 e. The summed E-state index contributed by atoms with van der Waals surface area (Å²) in [7, 11) is -1.64. The van der Waals surface area contributed by atoms with E-state index in [2.05, 4.69) is 9.36 Å². The Morgan fingerprint density at radius 2 is 2.15 bits per heavy atom. The van der Waals surface area contributed by atoms with E-state index in [-0.39, 0.29) is 4.90 Å². The van der Waals surface area contributed by atoms with Crippen molar-refractivity contribution in [3.05, 3.63) is 30.1 Å². The molecule has 0 saturated heterocycles. The molecule has 0 atom stereocenters. The Balaban J connectivity index is 2.12. The molecule has 2 rings (SSSR count). The predicted molar refractivity (Wildman–Crippen MR) is 75.1 cm³/mol. The van der Waals surface area contributed by atoms with Gasteiger partial charge in [-0.1, -0.05) is 6.07 Å². The molecular weight excluding hydrogens is 300 g/mol. The Labute approximate surface area is 121 Å². The lowest BCUT2D eigenvalue weighted by Crippen LogP contribution is -1.97. The van der Waals surface area contributed by atoms with Crippen molar-refractivity contribution in [2.24, 2.45) is 0 Å². The first-order valence-corrected chi connectivity index (χ1v) is 8.45. The molecule has 0 saturated carbocycles. The van der Waals surface area contributed by atoms with Crippen LogP contribution in [0.5, 0.6) is 10.9 Å². The Hall–Kier alpha value is -1.51. The van der Waals surface area contributed by atoms with Gasteiger partial charge in [0.15, 0.2) is 9.84 Å². The molecule has 0 amide bonds. The largest absolute Gasteiger partial charge is 0.430 e. The molecule has 108 valence electrons. The molecule has 0 aliphatic heterocycles. The van der Waals surface area contributed by atoms with Gasteiger partial charge < -0.3 is 9.47 Å². The van der Waals surface area contributed by atoms with E-state index < -0.39 is 9.84 Å². The molecule has 1 aromatic carbocycles. The minimum Gasteiger partial charge on any atom is -0.430 e. The number of hydrogen-bond acceptors (Lipinski definition) is 7. The Morgan fingerprint density at radius 3 is 2.85 bits per heavy atom. The first kappa shape index (κ1) is 14.9. The average molecular weight is 314 g/mol. The van der Waals surface area contributed by atoms with Gasteiger partial charge in [-0.2, -0.15) is 9.36 Å². The van der Waals surface area contributed by atoms with E-state index in [4.69, 9.17) is 9.47 Å². The van der Waals surface area contributed by atoms with Gasteiger partial charge >= 0.3 is 0 Å². The summed E-state index contributed by atoms with van der Waals surface area (Å²) in [5.41, 5.74) is 0. The maximum absolute atomic E-state index is 11.5. The van der Waals surface area contributed by atoms with Crippen LogP contribution >= 0.6 is 11.5 Å². The maximum Gasteiger partial charge on any atom is 0.298 e. The van der Waals surface area contributed by atoms with E-state index in [0.29, 0.717) is 29.8 Å². The molecule has 0 N–H and O–H groups in total. The average Bonchev–Trinajstić information content (AvgIpc) is 2.83. The summed E-state index contributed by atoms with van der Waals surface area (Å²) in [6, 6.07) is 6.28. The van der Waals surface area contributed by atoms with Crippen LogP contribution in [-0.4, -0.2) is 37.7 Å². The van der Waals surface area contributed by atoms with E-state index in [1.807, 2.05) is 0 Å². The number of benzene rings is 1. The summed E-state index contributed by atoms with van der Waals surface area (Å²) >= 11 is 1.12. The van der Waals surface area contributed by atoms with Crippen LogP contribution in [0.4, 0.5) is 0 Å². The Morgan fingerprint density at radius 1 is 1.35 bits per heavy atom. The van der Waals surface area contributed by atoms with Crippen molar-refractivity contribution in [2.45, 2.75) is 11.3 Å². The van der Waals surface area contributed by atoms with Crippen LogP contribution in [0.3, 0.4) is 0 Å². The molecule has 6 nitrogen and oxygen atoms in total. The van der Waals surface area contributed by atoms with Gasteiger partial charge in [0.1, 0.15) is 11.6 Å². The second kappa shape index (κ2) is 6.29. The molecule has 0 spiro atoms. The van der Waals surface area contributed by atoms with Crippen LogP contribution in [0.2, 0.25) is 0 Å². The highest BCUT2D eigenvalue weighted by Crippen LogP contribution is 2.25. The topological polar surface area (TPSA) is 78.4 Å². The molecule has 1 aromatic heterocycles. The first-order chi connectivity index (χ1) is 9.49. The zero-order valence-electron chi connectivity index (χ0n) is 11.1. The lowest BCUT2D eigenvalue weighted by atomic mass is 10.3. The third-order valence-corrected chi connectivity index (χ3v) is 4.16. The van der Waals surface area contributed by atoms with Gasteiger partial charge in [-0.3, -0.25) is 0 Å². The number of nitrogens with zero attached hydrogens (tertiary/aromatic N) is 2. The van der Waals surface area contributed by atoms with Crippen LogP contribution in [0, 0.1) is 0 Å². The summed E-state index contributed by atoms with van der Waals surface area (Å²) < 4.78 is 37.5. The second-order valence-corrected chi connectivity index (χ2v) is 6.80. The van der Waals surface area contributed by atoms with Crippen LogP contribution < -0.4 is 4.74 Å². The molecule has 20 heavy (non-hydrogen) atoms. The normalized spacial score (nSPS) is 11.5. The highest BCUT2D eigenvalue weighted by Gasteiger charge is 2.10. The highest BCUT2D eigenvalue weighted by molar-refractivity contribution is 7.90. The number of rotatable bonds is 6. The quantitative estimate of drug-likeness (QED) is 0.810. The van der Waals surface area contributed by atoms with Gasteiger partial charge in [0.2, 0.25) is 0 Å². The van der Waals surface area contributed by atoms with Crippen LogP contribution in [0.25, 0.3) is 0 Å². The van der Waals surface area contributed by atoms with Crippen LogP contribution in [0.15, 0.2) is 29.2 Å². The van der Waals surface area contributed by atoms with Gasteiger partial charge in [0.25, 0.3) is 5.19 Å². The fraction of sp³-hybridized carbons (Fsp3) is 0.333. The minimum absolute atomic E-state index is 0.208. The van der Waals surface area contributed by atoms with E-state index in [1.54, 1.807) is 19.2 Å². The highest BCUT2D eigenvalue weighted by atomic mass is 32.2. The summed E-state index contributed by atoms with van der Waals surface area (Å²) in [4.78, 5) is 4.40. The second-order valence-electron chi connectivity index (χ2n) is 4.07. The van der Waals surface area contributed by atoms with Gasteiger partial charge in [-0.15, -0.1) is 0 Å². The van der Waals surface area contributed by atoms with Crippen molar-refractivity contribution in [1.29, 1.82) is 0 Å². The molecule has 0 aliphatic rings. The van der Waals surface area contributed by atoms with Crippen molar-refractivity contribution in [3.63, 3.8) is 0 Å². The van der Waals surface area contributed by atoms with Crippen molar-refractivity contribution in [2.75, 3.05) is 20.0 Å². The zero-order chi connectivity index (χ0) is 14.6. The van der Waals surface area contributed by atoms with Crippen molar-refractivity contribution in [1.82, 2.24) is 9.36 Å². The molecule has 2 aromatic rings. The SMILES string of the molecule is COCCc1nsc(Oc2cccc(S(C)(=O)=O)c2)n1. The third kappa shape index (κ3) is 3.99. The minimum atomic E-state index is -3.25. The number of ether oxygens (including phenoxy) is 2. The molecule has 1 heterocycles. The van der Waals surface area contributed by atoms with E-state index in [1.165, 1.54) is 12.1 Å². The fourth-order valence-corrected chi connectivity index (χ4v) is 2.69. The van der Waals surface area contributed by atoms with E-state index >= 15 is 0 Å². The molecule has 0 bridgehead atoms. The van der Waals surface area contributed by atoms with Gasteiger partial charge in [0, 0.05) is 31.3 Å². The molecule has 0 radical (unpaired) electrons. The monoisotopic (exact) mass is 314 g/mol. The Bertz CT molecular complexity index is 682. The summed E-state index contributed by atoms with van der Waals surface area (Å²) in [5, 5.41) is 0.377. The van der Waals surface area contributed by atoms with E-state index in [0.717, 1.165) is 17.8 Å². The number of aromatic nitrogens is 2. The fourth-order valence-electron chi connectivity index (χ4n) is 1.44. The lowest BCUT2D eigenvalue weighted by molar-refractivity contribution is 0.200. The molecule has 0 unspecified atom stereocenters. The molecule has 0 aliphatic carbocycles.